The standard InChI is InChI=1S/C30H30FN3O/c1-20-17-23(22-7-4-3-5-8-22)18-28-27(14-15-32-30(28)21(20)2)29-19-25(9-6-16-35)33-34(29)26-12-10-24(31)11-13-26/h3-5,7-8,10-15,18-21,35H,6,9,16-17H2,1-2H3. The number of aromatic nitrogens is 3. The Morgan fingerprint density at radius 2 is 1.80 bits per heavy atom. The first-order chi connectivity index (χ1) is 17.0. The molecule has 1 N–H and O–H groups in total. The molecule has 1 aliphatic rings. The Labute approximate surface area is 205 Å². The number of allylic oxidation sites excluding steroid dienone is 1. The van der Waals surface area contributed by atoms with Gasteiger partial charge in [0.1, 0.15) is 5.82 Å². The van der Waals surface area contributed by atoms with Gasteiger partial charge in [-0.25, -0.2) is 9.07 Å². The van der Waals surface area contributed by atoms with Crippen molar-refractivity contribution in [2.75, 3.05) is 6.61 Å². The van der Waals surface area contributed by atoms with E-state index in [-0.39, 0.29) is 12.4 Å². The Balaban J connectivity index is 1.72. The molecule has 2 aromatic heterocycles. The summed E-state index contributed by atoms with van der Waals surface area (Å²) in [6, 6.07) is 21.1. The SMILES string of the molecule is CC1CC(c2ccccc2)=Cc2c(-c3cc(CCCO)nn3-c3ccc(F)cc3)ccnc2C1C. The minimum atomic E-state index is -0.279. The normalized spacial score (nSPS) is 17.5. The van der Waals surface area contributed by atoms with E-state index in [4.69, 9.17) is 10.1 Å². The Bertz CT molecular complexity index is 1340. The van der Waals surface area contributed by atoms with Crippen LogP contribution in [0.3, 0.4) is 0 Å². The molecule has 2 heterocycles. The van der Waals surface area contributed by atoms with Crippen molar-refractivity contribution in [3.63, 3.8) is 0 Å². The van der Waals surface area contributed by atoms with Gasteiger partial charge in [-0.15, -0.1) is 0 Å². The molecule has 0 fully saturated rings. The summed E-state index contributed by atoms with van der Waals surface area (Å²) in [4.78, 5) is 4.84. The van der Waals surface area contributed by atoms with Crippen molar-refractivity contribution < 1.29 is 9.50 Å². The molecule has 5 heteroatoms. The van der Waals surface area contributed by atoms with E-state index >= 15 is 0 Å². The van der Waals surface area contributed by atoms with Gasteiger partial charge in [-0.3, -0.25) is 4.98 Å². The van der Waals surface area contributed by atoms with Crippen molar-refractivity contribution >= 4 is 11.6 Å². The smallest absolute Gasteiger partial charge is 0.123 e. The van der Waals surface area contributed by atoms with Crippen LogP contribution in [0.5, 0.6) is 0 Å². The van der Waals surface area contributed by atoms with Crippen LogP contribution < -0.4 is 0 Å². The number of aryl methyl sites for hydroxylation is 1. The van der Waals surface area contributed by atoms with E-state index in [1.807, 2.05) is 23.0 Å². The number of benzene rings is 2. The van der Waals surface area contributed by atoms with Crippen LogP contribution in [0.2, 0.25) is 0 Å². The second-order valence-electron chi connectivity index (χ2n) is 9.40. The lowest BCUT2D eigenvalue weighted by molar-refractivity contribution is 0.288. The van der Waals surface area contributed by atoms with E-state index in [0.29, 0.717) is 24.7 Å². The maximum absolute atomic E-state index is 13.7. The summed E-state index contributed by atoms with van der Waals surface area (Å²) >= 11 is 0. The van der Waals surface area contributed by atoms with Gasteiger partial charge in [0.2, 0.25) is 0 Å². The third-order valence-electron chi connectivity index (χ3n) is 7.01. The van der Waals surface area contributed by atoms with Gasteiger partial charge in [-0.1, -0.05) is 44.2 Å². The number of halogens is 1. The molecular formula is C30H30FN3O. The minimum Gasteiger partial charge on any atom is -0.396 e. The van der Waals surface area contributed by atoms with Gasteiger partial charge in [-0.2, -0.15) is 5.10 Å². The molecule has 2 atom stereocenters. The van der Waals surface area contributed by atoms with Gasteiger partial charge in [0, 0.05) is 29.8 Å². The van der Waals surface area contributed by atoms with Crippen molar-refractivity contribution in [2.45, 2.75) is 39.0 Å². The highest BCUT2D eigenvalue weighted by molar-refractivity contribution is 5.88. The summed E-state index contributed by atoms with van der Waals surface area (Å²) in [5.74, 6) is 0.449. The quantitative estimate of drug-likeness (QED) is 0.344. The van der Waals surface area contributed by atoms with E-state index < -0.39 is 0 Å². The lowest BCUT2D eigenvalue weighted by Gasteiger charge is -2.20. The third kappa shape index (κ3) is 4.69. The molecule has 2 unspecified atom stereocenters. The molecule has 0 aliphatic heterocycles. The first-order valence-corrected chi connectivity index (χ1v) is 12.3. The molecule has 4 nitrogen and oxygen atoms in total. The summed E-state index contributed by atoms with van der Waals surface area (Å²) in [5, 5.41) is 14.2. The predicted molar refractivity (Wildman–Crippen MR) is 139 cm³/mol. The lowest BCUT2D eigenvalue weighted by atomic mass is 9.87. The summed E-state index contributed by atoms with van der Waals surface area (Å²) in [6.07, 6.45) is 6.46. The van der Waals surface area contributed by atoms with E-state index in [1.165, 1.54) is 23.3 Å². The minimum absolute atomic E-state index is 0.113. The maximum Gasteiger partial charge on any atom is 0.123 e. The zero-order chi connectivity index (χ0) is 24.4. The molecular weight excluding hydrogens is 437 g/mol. The largest absolute Gasteiger partial charge is 0.396 e. The molecule has 0 radical (unpaired) electrons. The number of hydrogen-bond donors (Lipinski definition) is 1. The predicted octanol–water partition coefficient (Wildman–Crippen LogP) is 6.68. The van der Waals surface area contributed by atoms with Crippen molar-refractivity contribution in [1.29, 1.82) is 0 Å². The Hall–Kier alpha value is -3.57. The molecule has 2 aromatic carbocycles. The zero-order valence-corrected chi connectivity index (χ0v) is 20.2. The van der Waals surface area contributed by atoms with Gasteiger partial charge in [-0.05, 0) is 78.8 Å². The van der Waals surface area contributed by atoms with Crippen LogP contribution in [0.15, 0.2) is 72.9 Å². The van der Waals surface area contributed by atoms with E-state index in [2.05, 4.69) is 50.3 Å². The summed E-state index contributed by atoms with van der Waals surface area (Å²) in [7, 11) is 0. The second-order valence-corrected chi connectivity index (χ2v) is 9.40. The number of nitrogens with zero attached hydrogens (tertiary/aromatic N) is 3. The molecule has 0 spiro atoms. The van der Waals surface area contributed by atoms with Crippen LogP contribution in [-0.4, -0.2) is 26.5 Å². The van der Waals surface area contributed by atoms with Gasteiger partial charge in [0.25, 0.3) is 0 Å². The second kappa shape index (κ2) is 9.96. The van der Waals surface area contributed by atoms with E-state index in [1.54, 1.807) is 12.1 Å². The number of aliphatic hydroxyl groups is 1. The molecule has 0 saturated heterocycles. The van der Waals surface area contributed by atoms with Crippen LogP contribution in [0.25, 0.3) is 28.6 Å². The van der Waals surface area contributed by atoms with Crippen LogP contribution in [0.1, 0.15) is 55.1 Å². The summed E-state index contributed by atoms with van der Waals surface area (Å²) in [5.41, 5.74) is 8.40. The Morgan fingerprint density at radius 3 is 2.54 bits per heavy atom. The fourth-order valence-corrected chi connectivity index (χ4v) is 4.89. The molecule has 178 valence electrons. The van der Waals surface area contributed by atoms with Gasteiger partial charge >= 0.3 is 0 Å². The van der Waals surface area contributed by atoms with Crippen molar-refractivity contribution in [3.05, 3.63) is 101 Å². The Morgan fingerprint density at radius 1 is 1.03 bits per heavy atom. The zero-order valence-electron chi connectivity index (χ0n) is 20.2. The number of aliphatic hydroxyl groups excluding tert-OH is 1. The monoisotopic (exact) mass is 467 g/mol. The number of hydrogen-bond acceptors (Lipinski definition) is 3. The Kier molecular flexibility index (Phi) is 6.60. The number of pyridine rings is 1. The van der Waals surface area contributed by atoms with Crippen molar-refractivity contribution in [3.8, 4) is 16.9 Å². The van der Waals surface area contributed by atoms with Crippen molar-refractivity contribution in [2.24, 2.45) is 5.92 Å². The fraction of sp³-hybridized carbons (Fsp3) is 0.267. The molecule has 0 saturated carbocycles. The molecule has 35 heavy (non-hydrogen) atoms. The summed E-state index contributed by atoms with van der Waals surface area (Å²) < 4.78 is 15.6. The van der Waals surface area contributed by atoms with Crippen LogP contribution in [0, 0.1) is 11.7 Å². The highest BCUT2D eigenvalue weighted by Gasteiger charge is 2.27. The van der Waals surface area contributed by atoms with E-state index in [0.717, 1.165) is 40.3 Å². The van der Waals surface area contributed by atoms with E-state index in [9.17, 15) is 9.50 Å². The average Bonchev–Trinajstić information content (AvgIpc) is 3.26. The molecule has 5 rings (SSSR count). The topological polar surface area (TPSA) is 50.9 Å². The molecule has 0 bridgehead atoms. The summed E-state index contributed by atoms with van der Waals surface area (Å²) in [6.45, 7) is 4.66. The number of fused-ring (bicyclic) bond motifs is 1. The third-order valence-corrected chi connectivity index (χ3v) is 7.01. The first-order valence-electron chi connectivity index (χ1n) is 12.3. The van der Waals surface area contributed by atoms with Gasteiger partial charge < -0.3 is 5.11 Å². The number of rotatable bonds is 6. The van der Waals surface area contributed by atoms with Crippen molar-refractivity contribution in [1.82, 2.24) is 14.8 Å². The molecule has 1 aliphatic carbocycles. The highest BCUT2D eigenvalue weighted by Crippen LogP contribution is 2.42. The maximum atomic E-state index is 13.7. The van der Waals surface area contributed by atoms with Gasteiger partial charge in [0.15, 0.2) is 0 Å². The molecule has 4 aromatic rings. The fourth-order valence-electron chi connectivity index (χ4n) is 4.89. The van der Waals surface area contributed by atoms with Crippen LogP contribution in [-0.2, 0) is 6.42 Å². The first kappa shape index (κ1) is 23.2. The van der Waals surface area contributed by atoms with Crippen LogP contribution in [0.4, 0.5) is 4.39 Å². The average molecular weight is 468 g/mol. The molecule has 0 amide bonds. The van der Waals surface area contributed by atoms with Gasteiger partial charge in [0.05, 0.1) is 22.8 Å². The lowest BCUT2D eigenvalue weighted by Crippen LogP contribution is -2.09. The highest BCUT2D eigenvalue weighted by atomic mass is 19.1. The van der Waals surface area contributed by atoms with Crippen LogP contribution >= 0.6 is 0 Å².